The van der Waals surface area contributed by atoms with Crippen molar-refractivity contribution in [3.8, 4) is 5.75 Å². The summed E-state index contributed by atoms with van der Waals surface area (Å²) in [5, 5.41) is 6.30. The minimum Gasteiger partial charge on any atom is -0.494 e. The molecule has 1 saturated carbocycles. The average molecular weight is 332 g/mol. The van der Waals surface area contributed by atoms with E-state index in [4.69, 9.17) is 4.74 Å². The third kappa shape index (κ3) is 7.35. The van der Waals surface area contributed by atoms with Crippen molar-refractivity contribution in [3.63, 3.8) is 0 Å². The monoisotopic (exact) mass is 332 g/mol. The molecule has 1 fully saturated rings. The van der Waals surface area contributed by atoms with E-state index in [1.807, 2.05) is 24.3 Å². The first-order valence-corrected chi connectivity index (χ1v) is 9.54. The molecule has 4 nitrogen and oxygen atoms in total. The molecule has 0 saturated heterocycles. The van der Waals surface area contributed by atoms with Crippen molar-refractivity contribution >= 4 is 11.6 Å². The van der Waals surface area contributed by atoms with Crippen LogP contribution in [0.4, 0.5) is 5.69 Å². The summed E-state index contributed by atoms with van der Waals surface area (Å²) >= 11 is 0. The fourth-order valence-corrected chi connectivity index (χ4v) is 3.10. The van der Waals surface area contributed by atoms with Gasteiger partial charge in [-0.1, -0.05) is 45.4 Å². The van der Waals surface area contributed by atoms with E-state index in [-0.39, 0.29) is 5.91 Å². The number of anilines is 1. The zero-order valence-electron chi connectivity index (χ0n) is 15.0. The van der Waals surface area contributed by atoms with Crippen LogP contribution in [0.15, 0.2) is 24.3 Å². The van der Waals surface area contributed by atoms with Gasteiger partial charge in [0, 0.05) is 11.7 Å². The van der Waals surface area contributed by atoms with Gasteiger partial charge in [-0.2, -0.15) is 0 Å². The maximum Gasteiger partial charge on any atom is 0.238 e. The van der Waals surface area contributed by atoms with E-state index in [1.165, 1.54) is 51.4 Å². The van der Waals surface area contributed by atoms with E-state index in [0.29, 0.717) is 12.6 Å². The van der Waals surface area contributed by atoms with Crippen LogP contribution in [-0.2, 0) is 4.79 Å². The molecule has 134 valence electrons. The number of unbranched alkanes of at least 4 members (excludes halogenated alkanes) is 3. The Morgan fingerprint density at radius 2 is 1.83 bits per heavy atom. The Balaban J connectivity index is 1.64. The van der Waals surface area contributed by atoms with Crippen molar-refractivity contribution in [3.05, 3.63) is 24.3 Å². The van der Waals surface area contributed by atoms with Gasteiger partial charge in [-0.25, -0.2) is 0 Å². The second-order valence-corrected chi connectivity index (χ2v) is 6.70. The third-order valence-corrected chi connectivity index (χ3v) is 4.56. The van der Waals surface area contributed by atoms with Crippen LogP contribution in [0.2, 0.25) is 0 Å². The molecule has 1 aliphatic carbocycles. The van der Waals surface area contributed by atoms with Crippen LogP contribution in [-0.4, -0.2) is 25.1 Å². The van der Waals surface area contributed by atoms with Gasteiger partial charge in [0.15, 0.2) is 0 Å². The Hall–Kier alpha value is -1.55. The Bertz CT molecular complexity index is 467. The van der Waals surface area contributed by atoms with Crippen molar-refractivity contribution in [2.24, 2.45) is 0 Å². The van der Waals surface area contributed by atoms with Gasteiger partial charge in [0.1, 0.15) is 5.75 Å². The fraction of sp³-hybridized carbons (Fsp3) is 0.650. The summed E-state index contributed by atoms with van der Waals surface area (Å²) in [6.07, 6.45) is 11.1. The van der Waals surface area contributed by atoms with Gasteiger partial charge in [0.25, 0.3) is 0 Å². The van der Waals surface area contributed by atoms with Gasteiger partial charge in [0.05, 0.1) is 13.2 Å². The number of nitrogens with one attached hydrogen (secondary N) is 2. The summed E-state index contributed by atoms with van der Waals surface area (Å²) < 4.78 is 5.71. The van der Waals surface area contributed by atoms with Gasteiger partial charge in [-0.05, 0) is 43.5 Å². The molecule has 0 aliphatic heterocycles. The van der Waals surface area contributed by atoms with E-state index in [2.05, 4.69) is 17.6 Å². The maximum absolute atomic E-state index is 12.0. The summed E-state index contributed by atoms with van der Waals surface area (Å²) in [6, 6.07) is 8.15. The maximum atomic E-state index is 12.0. The molecule has 4 heteroatoms. The lowest BCUT2D eigenvalue weighted by Gasteiger charge is -2.22. The number of benzene rings is 1. The van der Waals surface area contributed by atoms with Crippen molar-refractivity contribution in [2.45, 2.75) is 70.8 Å². The summed E-state index contributed by atoms with van der Waals surface area (Å²) in [4.78, 5) is 12.0. The molecule has 0 spiro atoms. The Labute approximate surface area is 146 Å². The van der Waals surface area contributed by atoms with E-state index in [1.54, 1.807) is 0 Å². The lowest BCUT2D eigenvalue weighted by atomic mass is 9.95. The Kier molecular flexibility index (Phi) is 8.67. The average Bonchev–Trinajstić information content (AvgIpc) is 2.62. The minimum absolute atomic E-state index is 0.0220. The van der Waals surface area contributed by atoms with Gasteiger partial charge < -0.3 is 15.4 Å². The highest BCUT2D eigenvalue weighted by molar-refractivity contribution is 5.92. The van der Waals surface area contributed by atoms with Crippen molar-refractivity contribution in [1.82, 2.24) is 5.32 Å². The summed E-state index contributed by atoms with van der Waals surface area (Å²) in [5.41, 5.74) is 0.823. The highest BCUT2D eigenvalue weighted by atomic mass is 16.5. The van der Waals surface area contributed by atoms with Crippen LogP contribution in [0.1, 0.15) is 64.7 Å². The zero-order valence-corrected chi connectivity index (χ0v) is 15.0. The molecular weight excluding hydrogens is 300 g/mol. The number of hydrogen-bond acceptors (Lipinski definition) is 3. The number of hydrogen-bond donors (Lipinski definition) is 2. The quantitative estimate of drug-likeness (QED) is 0.620. The molecular formula is C20H32N2O2. The van der Waals surface area contributed by atoms with Gasteiger partial charge in [-0.15, -0.1) is 0 Å². The molecule has 0 atom stereocenters. The summed E-state index contributed by atoms with van der Waals surface area (Å²) in [5.74, 6) is 0.888. The standard InChI is InChI=1S/C20H32N2O2/c1-2-3-4-8-15-24-19-13-11-18(12-14-19)22-20(23)16-21-17-9-6-5-7-10-17/h11-14,17,21H,2-10,15-16H2,1H3,(H,22,23). The smallest absolute Gasteiger partial charge is 0.238 e. The lowest BCUT2D eigenvalue weighted by Crippen LogP contribution is -2.37. The molecule has 1 amide bonds. The lowest BCUT2D eigenvalue weighted by molar-refractivity contribution is -0.115. The molecule has 1 aromatic rings. The van der Waals surface area contributed by atoms with E-state index in [9.17, 15) is 4.79 Å². The summed E-state index contributed by atoms with van der Waals surface area (Å²) in [7, 11) is 0. The molecule has 24 heavy (non-hydrogen) atoms. The fourth-order valence-electron chi connectivity index (χ4n) is 3.10. The largest absolute Gasteiger partial charge is 0.494 e. The first-order chi connectivity index (χ1) is 11.8. The van der Waals surface area contributed by atoms with Gasteiger partial charge in [-0.3, -0.25) is 4.79 Å². The van der Waals surface area contributed by atoms with Crippen LogP contribution < -0.4 is 15.4 Å². The van der Waals surface area contributed by atoms with Crippen LogP contribution in [0.3, 0.4) is 0 Å². The van der Waals surface area contributed by atoms with Crippen LogP contribution >= 0.6 is 0 Å². The molecule has 0 radical (unpaired) electrons. The summed E-state index contributed by atoms with van der Waals surface area (Å²) in [6.45, 7) is 3.36. The van der Waals surface area contributed by atoms with Gasteiger partial charge >= 0.3 is 0 Å². The first-order valence-electron chi connectivity index (χ1n) is 9.54. The topological polar surface area (TPSA) is 50.4 Å². The van der Waals surface area contributed by atoms with Crippen molar-refractivity contribution in [2.75, 3.05) is 18.5 Å². The molecule has 0 aromatic heterocycles. The van der Waals surface area contributed by atoms with Crippen LogP contribution in [0, 0.1) is 0 Å². The predicted molar refractivity (Wildman–Crippen MR) is 99.6 cm³/mol. The van der Waals surface area contributed by atoms with Crippen molar-refractivity contribution in [1.29, 1.82) is 0 Å². The highest BCUT2D eigenvalue weighted by Crippen LogP contribution is 2.18. The molecule has 1 aromatic carbocycles. The molecule has 2 N–H and O–H groups in total. The second kappa shape index (κ2) is 11.1. The number of carbonyl (C=O) groups excluding carboxylic acids is 1. The number of ether oxygens (including phenoxy) is 1. The number of rotatable bonds is 10. The predicted octanol–water partition coefficient (Wildman–Crippen LogP) is 4.51. The molecule has 0 bridgehead atoms. The van der Waals surface area contributed by atoms with Gasteiger partial charge in [0.2, 0.25) is 5.91 Å². The zero-order chi connectivity index (χ0) is 17.0. The second-order valence-electron chi connectivity index (χ2n) is 6.70. The first kappa shape index (κ1) is 18.8. The van der Waals surface area contributed by atoms with E-state index < -0.39 is 0 Å². The normalized spacial score (nSPS) is 15.2. The minimum atomic E-state index is 0.0220. The van der Waals surface area contributed by atoms with Crippen molar-refractivity contribution < 1.29 is 9.53 Å². The highest BCUT2D eigenvalue weighted by Gasteiger charge is 2.13. The Morgan fingerprint density at radius 1 is 1.08 bits per heavy atom. The third-order valence-electron chi connectivity index (χ3n) is 4.56. The molecule has 2 rings (SSSR count). The molecule has 1 aliphatic rings. The van der Waals surface area contributed by atoms with Crippen LogP contribution in [0.25, 0.3) is 0 Å². The molecule has 0 unspecified atom stereocenters. The number of carbonyl (C=O) groups is 1. The van der Waals surface area contributed by atoms with E-state index >= 15 is 0 Å². The van der Waals surface area contributed by atoms with Crippen LogP contribution in [0.5, 0.6) is 5.75 Å². The molecule has 0 heterocycles. The SMILES string of the molecule is CCCCCCOc1ccc(NC(=O)CNC2CCCCC2)cc1. The Morgan fingerprint density at radius 3 is 2.54 bits per heavy atom. The van der Waals surface area contributed by atoms with E-state index in [0.717, 1.165) is 24.5 Å². The number of amides is 1.